The van der Waals surface area contributed by atoms with E-state index in [0.717, 1.165) is 38.3 Å². The minimum Gasteiger partial charge on any atom is -0.369 e. The molecule has 0 amide bonds. The zero-order chi connectivity index (χ0) is 23.5. The van der Waals surface area contributed by atoms with Gasteiger partial charge in [-0.05, 0) is 41.8 Å². The molecular weight excluding hydrogens is 466 g/mol. The van der Waals surface area contributed by atoms with E-state index >= 15 is 0 Å². The second-order valence-electron chi connectivity index (χ2n) is 7.70. The molecular formula is C25H21N5O2S2. The van der Waals surface area contributed by atoms with Crippen molar-refractivity contribution in [2.45, 2.75) is 11.3 Å². The average Bonchev–Trinajstić information content (AvgIpc) is 3.29. The summed E-state index contributed by atoms with van der Waals surface area (Å²) in [6.07, 6.45) is 4.16. The van der Waals surface area contributed by atoms with E-state index in [4.69, 9.17) is 15.1 Å². The Hall–Kier alpha value is -3.66. The number of sulfonamides is 1. The van der Waals surface area contributed by atoms with Gasteiger partial charge in [-0.15, -0.1) is 11.3 Å². The van der Waals surface area contributed by atoms with Crippen LogP contribution in [0.3, 0.4) is 0 Å². The van der Waals surface area contributed by atoms with Crippen molar-refractivity contribution in [3.63, 3.8) is 0 Å². The van der Waals surface area contributed by atoms with Gasteiger partial charge in [0.1, 0.15) is 10.6 Å². The van der Waals surface area contributed by atoms with Crippen LogP contribution < -0.4 is 10.5 Å². The van der Waals surface area contributed by atoms with Crippen LogP contribution in [0, 0.1) is 0 Å². The summed E-state index contributed by atoms with van der Waals surface area (Å²) in [7, 11) is -3.70. The first-order valence-electron chi connectivity index (χ1n) is 10.6. The zero-order valence-electron chi connectivity index (χ0n) is 18.0. The first kappa shape index (κ1) is 22.1. The number of nitrogens with two attached hydrogens (primary N) is 1. The Balaban J connectivity index is 1.48. The fourth-order valence-corrected chi connectivity index (χ4v) is 5.16. The Kier molecular flexibility index (Phi) is 6.06. The second-order valence-corrected chi connectivity index (χ2v) is 10.1. The van der Waals surface area contributed by atoms with Crippen LogP contribution in [-0.2, 0) is 16.4 Å². The summed E-state index contributed by atoms with van der Waals surface area (Å²) in [6, 6.07) is 20.6. The van der Waals surface area contributed by atoms with Crippen LogP contribution in [0.1, 0.15) is 5.56 Å². The third kappa shape index (κ3) is 4.67. The maximum atomic E-state index is 11.5. The largest absolute Gasteiger partial charge is 0.369 e. The van der Waals surface area contributed by atoms with E-state index in [0.29, 0.717) is 18.8 Å². The van der Waals surface area contributed by atoms with Crippen LogP contribution >= 0.6 is 11.3 Å². The lowest BCUT2D eigenvalue weighted by Gasteiger charge is -2.11. The van der Waals surface area contributed by atoms with Gasteiger partial charge in [-0.2, -0.15) is 0 Å². The van der Waals surface area contributed by atoms with Crippen molar-refractivity contribution in [1.82, 2.24) is 15.0 Å². The first-order valence-corrected chi connectivity index (χ1v) is 13.0. The number of nitrogens with zero attached hydrogens (tertiary/aromatic N) is 3. The van der Waals surface area contributed by atoms with Gasteiger partial charge >= 0.3 is 0 Å². The van der Waals surface area contributed by atoms with Gasteiger partial charge in [0, 0.05) is 35.4 Å². The number of nitrogens with one attached hydrogen (secondary N) is 1. The molecule has 5 aromatic rings. The van der Waals surface area contributed by atoms with Crippen molar-refractivity contribution >= 4 is 37.4 Å². The van der Waals surface area contributed by atoms with Crippen LogP contribution in [0.2, 0.25) is 0 Å². The maximum absolute atomic E-state index is 11.5. The van der Waals surface area contributed by atoms with Crippen LogP contribution in [0.25, 0.3) is 32.7 Å². The molecule has 0 aliphatic heterocycles. The van der Waals surface area contributed by atoms with E-state index in [1.807, 2.05) is 30.3 Å². The van der Waals surface area contributed by atoms with E-state index in [1.54, 1.807) is 35.9 Å². The number of rotatable bonds is 7. The van der Waals surface area contributed by atoms with Crippen LogP contribution in [-0.4, -0.2) is 29.9 Å². The number of benzene rings is 2. The molecule has 0 fully saturated rings. The third-order valence-electron chi connectivity index (χ3n) is 5.40. The molecule has 0 radical (unpaired) electrons. The predicted octanol–water partition coefficient (Wildman–Crippen LogP) is 4.72. The molecule has 170 valence electrons. The van der Waals surface area contributed by atoms with Crippen LogP contribution in [0.4, 0.5) is 5.82 Å². The van der Waals surface area contributed by atoms with E-state index < -0.39 is 10.0 Å². The molecule has 0 saturated heterocycles. The number of thiophene rings is 1. The van der Waals surface area contributed by atoms with Gasteiger partial charge in [0.25, 0.3) is 0 Å². The molecule has 0 aliphatic rings. The second kappa shape index (κ2) is 9.30. The minimum absolute atomic E-state index is 0.105. The minimum atomic E-state index is -3.70. The van der Waals surface area contributed by atoms with Crippen molar-refractivity contribution in [2.75, 3.05) is 11.9 Å². The molecule has 3 N–H and O–H groups in total. The maximum Gasteiger partial charge on any atom is 0.238 e. The van der Waals surface area contributed by atoms with Crippen molar-refractivity contribution in [1.29, 1.82) is 0 Å². The lowest BCUT2D eigenvalue weighted by molar-refractivity contribution is 0.598. The van der Waals surface area contributed by atoms with E-state index in [1.165, 1.54) is 12.1 Å². The van der Waals surface area contributed by atoms with Crippen molar-refractivity contribution in [2.24, 2.45) is 5.14 Å². The summed E-state index contributed by atoms with van der Waals surface area (Å²) in [5.41, 5.74) is 4.03. The van der Waals surface area contributed by atoms with Gasteiger partial charge in [-0.3, -0.25) is 4.98 Å². The summed E-state index contributed by atoms with van der Waals surface area (Å²) in [4.78, 5) is 14.9. The van der Waals surface area contributed by atoms with Crippen LogP contribution in [0.5, 0.6) is 0 Å². The normalized spacial score (nSPS) is 11.6. The molecule has 9 heteroatoms. The molecule has 3 aromatic heterocycles. The number of pyridine rings is 1. The van der Waals surface area contributed by atoms with Gasteiger partial charge in [0.15, 0.2) is 5.82 Å². The number of hydrogen-bond donors (Lipinski definition) is 2. The Bertz CT molecular complexity index is 1540. The Labute approximate surface area is 201 Å². The molecule has 0 spiro atoms. The molecule has 3 heterocycles. The lowest BCUT2D eigenvalue weighted by atomic mass is 10.1. The number of aromatic nitrogens is 3. The molecule has 0 bridgehead atoms. The molecule has 0 atom stereocenters. The van der Waals surface area contributed by atoms with E-state index in [9.17, 15) is 8.42 Å². The van der Waals surface area contributed by atoms with E-state index in [-0.39, 0.29) is 4.90 Å². The van der Waals surface area contributed by atoms with E-state index in [2.05, 4.69) is 27.8 Å². The first-order chi connectivity index (χ1) is 16.5. The Morgan fingerprint density at radius 3 is 2.38 bits per heavy atom. The molecule has 0 aliphatic carbocycles. The highest BCUT2D eigenvalue weighted by molar-refractivity contribution is 7.89. The van der Waals surface area contributed by atoms with Gasteiger partial charge in [-0.1, -0.05) is 42.5 Å². The SMILES string of the molecule is NS(=O)(=O)c1ccc(CCNc2nc(-c3cccnc3)nc3scc(-c4ccccc4)c23)cc1. The molecule has 34 heavy (non-hydrogen) atoms. The lowest BCUT2D eigenvalue weighted by Crippen LogP contribution is -2.12. The molecule has 7 nitrogen and oxygen atoms in total. The molecule has 0 unspecified atom stereocenters. The summed E-state index contributed by atoms with van der Waals surface area (Å²) in [5.74, 6) is 1.37. The Morgan fingerprint density at radius 1 is 0.912 bits per heavy atom. The van der Waals surface area contributed by atoms with Gasteiger partial charge in [0.2, 0.25) is 10.0 Å². The van der Waals surface area contributed by atoms with Gasteiger partial charge < -0.3 is 5.32 Å². The number of fused-ring (bicyclic) bond motifs is 1. The summed E-state index contributed by atoms with van der Waals surface area (Å²) in [6.45, 7) is 0.609. The average molecular weight is 488 g/mol. The summed E-state index contributed by atoms with van der Waals surface area (Å²) >= 11 is 1.59. The van der Waals surface area contributed by atoms with Gasteiger partial charge in [-0.25, -0.2) is 23.5 Å². The monoisotopic (exact) mass is 487 g/mol. The topological polar surface area (TPSA) is 111 Å². The molecule has 5 rings (SSSR count). The van der Waals surface area contributed by atoms with Crippen molar-refractivity contribution in [3.8, 4) is 22.5 Å². The van der Waals surface area contributed by atoms with Crippen molar-refractivity contribution < 1.29 is 8.42 Å². The summed E-state index contributed by atoms with van der Waals surface area (Å²) < 4.78 is 23.0. The highest BCUT2D eigenvalue weighted by Gasteiger charge is 2.16. The number of anilines is 1. The highest BCUT2D eigenvalue weighted by Crippen LogP contribution is 2.38. The fraction of sp³-hybridized carbons (Fsp3) is 0.0800. The van der Waals surface area contributed by atoms with Crippen LogP contribution in [0.15, 0.2) is 89.4 Å². The standard InChI is InChI=1S/C25H21N5O2S2/c26-34(31,32)20-10-8-17(9-11-20)12-14-28-24-22-21(18-5-2-1-3-6-18)16-33-25(22)30-23(29-24)19-7-4-13-27-15-19/h1-11,13,15-16H,12,14H2,(H2,26,31,32)(H,28,29,30). The predicted molar refractivity (Wildman–Crippen MR) is 136 cm³/mol. The smallest absolute Gasteiger partial charge is 0.238 e. The Morgan fingerprint density at radius 2 is 1.68 bits per heavy atom. The zero-order valence-corrected chi connectivity index (χ0v) is 19.7. The third-order valence-corrected chi connectivity index (χ3v) is 7.20. The molecule has 0 saturated carbocycles. The molecule has 2 aromatic carbocycles. The highest BCUT2D eigenvalue weighted by atomic mass is 32.2. The number of primary sulfonamides is 1. The summed E-state index contributed by atoms with van der Waals surface area (Å²) in [5, 5.41) is 11.8. The van der Waals surface area contributed by atoms with Gasteiger partial charge in [0.05, 0.1) is 10.3 Å². The van der Waals surface area contributed by atoms with Crippen molar-refractivity contribution in [3.05, 3.63) is 90.1 Å². The quantitative estimate of drug-likeness (QED) is 0.344. The fourth-order valence-electron chi connectivity index (χ4n) is 3.70. The number of hydrogen-bond acceptors (Lipinski definition) is 7.